The maximum absolute atomic E-state index is 9.74. The Morgan fingerprint density at radius 2 is 1.44 bits per heavy atom. The molecule has 0 aliphatic carbocycles. The minimum absolute atomic E-state index is 0.348. The average Bonchev–Trinajstić information content (AvgIpc) is 2.73. The molecule has 0 saturated carbocycles. The third kappa shape index (κ3) is 3.31. The van der Waals surface area contributed by atoms with E-state index in [2.05, 4.69) is 10.1 Å². The summed E-state index contributed by atoms with van der Waals surface area (Å²) in [5.74, 6) is 2.28. The van der Waals surface area contributed by atoms with Gasteiger partial charge in [-0.05, 0) is 35.7 Å². The van der Waals surface area contributed by atoms with Crippen molar-refractivity contribution in [3.8, 4) is 23.0 Å². The van der Waals surface area contributed by atoms with E-state index in [1.54, 1.807) is 59.0 Å². The lowest BCUT2D eigenvalue weighted by Crippen LogP contribution is -2.06. The van der Waals surface area contributed by atoms with Gasteiger partial charge in [0.15, 0.2) is 23.0 Å². The van der Waals surface area contributed by atoms with Crippen LogP contribution in [0.5, 0.6) is 23.0 Å². The van der Waals surface area contributed by atoms with E-state index >= 15 is 0 Å². The molecule has 0 amide bonds. The Morgan fingerprint density at radius 3 is 2.07 bits per heavy atom. The van der Waals surface area contributed by atoms with Crippen LogP contribution in [-0.2, 0) is 0 Å². The van der Waals surface area contributed by atoms with Gasteiger partial charge < -0.3 is 24.2 Å². The molecule has 7 heteroatoms. The zero-order valence-corrected chi connectivity index (χ0v) is 15.5. The summed E-state index contributed by atoms with van der Waals surface area (Å²) < 4.78 is 21.4. The molecule has 140 valence electrons. The van der Waals surface area contributed by atoms with Crippen molar-refractivity contribution < 1.29 is 24.2 Å². The molecule has 3 rings (SSSR count). The first-order chi connectivity index (χ1) is 13.2. The van der Waals surface area contributed by atoms with Crippen LogP contribution in [0.2, 0.25) is 0 Å². The number of rotatable bonds is 6. The van der Waals surface area contributed by atoms with E-state index in [1.807, 2.05) is 12.1 Å². The van der Waals surface area contributed by atoms with Crippen molar-refractivity contribution in [2.75, 3.05) is 28.4 Å². The number of pyridine rings is 1. The molecular formula is C20H20N2O5. The zero-order valence-electron chi connectivity index (χ0n) is 15.5. The molecule has 1 aromatic heterocycles. The van der Waals surface area contributed by atoms with Gasteiger partial charge in [0.2, 0.25) is 0 Å². The van der Waals surface area contributed by atoms with Crippen molar-refractivity contribution in [1.29, 1.82) is 0 Å². The van der Waals surface area contributed by atoms with Crippen molar-refractivity contribution in [3.05, 3.63) is 53.9 Å². The van der Waals surface area contributed by atoms with Gasteiger partial charge in [0, 0.05) is 28.9 Å². The topological polar surface area (TPSA) is 82.4 Å². The number of hydrogen-bond donors (Lipinski definition) is 1. The van der Waals surface area contributed by atoms with Crippen LogP contribution in [-0.4, -0.2) is 44.3 Å². The third-order valence-corrected chi connectivity index (χ3v) is 4.28. The van der Waals surface area contributed by atoms with E-state index in [0.29, 0.717) is 39.8 Å². The number of fused-ring (bicyclic) bond motifs is 1. The molecular weight excluding hydrogens is 348 g/mol. The van der Waals surface area contributed by atoms with E-state index in [4.69, 9.17) is 18.9 Å². The molecule has 7 nitrogen and oxygen atoms in total. The van der Waals surface area contributed by atoms with Gasteiger partial charge in [0.1, 0.15) is 5.71 Å². The predicted octanol–water partition coefficient (Wildman–Crippen LogP) is 3.50. The molecule has 0 aliphatic rings. The minimum Gasteiger partial charge on any atom is -0.493 e. The maximum Gasteiger partial charge on any atom is 0.161 e. The van der Waals surface area contributed by atoms with Gasteiger partial charge in [0.05, 0.1) is 28.4 Å². The summed E-state index contributed by atoms with van der Waals surface area (Å²) in [6.07, 6.45) is 3.35. The number of oxime groups is 1. The van der Waals surface area contributed by atoms with Gasteiger partial charge in [-0.2, -0.15) is 0 Å². The second-order valence-corrected chi connectivity index (χ2v) is 5.63. The smallest absolute Gasteiger partial charge is 0.161 e. The fraction of sp³-hybridized carbons (Fsp3) is 0.200. The lowest BCUT2D eigenvalue weighted by atomic mass is 9.98. The lowest BCUT2D eigenvalue weighted by molar-refractivity contribution is 0.319. The highest BCUT2D eigenvalue weighted by atomic mass is 16.5. The monoisotopic (exact) mass is 368 g/mol. The fourth-order valence-electron chi connectivity index (χ4n) is 2.94. The Morgan fingerprint density at radius 1 is 0.815 bits per heavy atom. The molecule has 1 N–H and O–H groups in total. The molecule has 0 radical (unpaired) electrons. The first-order valence-corrected chi connectivity index (χ1v) is 8.11. The summed E-state index contributed by atoms with van der Waals surface area (Å²) in [4.78, 5) is 4.27. The molecule has 1 heterocycles. The average molecular weight is 368 g/mol. The first kappa shape index (κ1) is 18.3. The van der Waals surface area contributed by atoms with E-state index in [9.17, 15) is 5.21 Å². The van der Waals surface area contributed by atoms with Crippen LogP contribution < -0.4 is 18.9 Å². The number of nitrogens with zero attached hydrogens (tertiary/aromatic N) is 2. The van der Waals surface area contributed by atoms with E-state index in [1.165, 1.54) is 0 Å². The molecule has 0 spiro atoms. The summed E-state index contributed by atoms with van der Waals surface area (Å²) >= 11 is 0. The van der Waals surface area contributed by atoms with Crippen molar-refractivity contribution in [2.24, 2.45) is 5.16 Å². The Labute approximate surface area is 156 Å². The number of ether oxygens (including phenoxy) is 4. The van der Waals surface area contributed by atoms with Gasteiger partial charge in [-0.1, -0.05) is 5.16 Å². The van der Waals surface area contributed by atoms with E-state index in [0.717, 1.165) is 10.8 Å². The summed E-state index contributed by atoms with van der Waals surface area (Å²) in [6, 6.07) is 8.94. The Balaban J connectivity index is 2.20. The molecule has 0 fully saturated rings. The molecule has 0 saturated heterocycles. The fourth-order valence-corrected chi connectivity index (χ4v) is 2.94. The van der Waals surface area contributed by atoms with Crippen LogP contribution in [0.25, 0.3) is 10.8 Å². The maximum atomic E-state index is 9.74. The Bertz CT molecular complexity index is 1000. The van der Waals surface area contributed by atoms with Crippen molar-refractivity contribution in [3.63, 3.8) is 0 Å². The van der Waals surface area contributed by atoms with Crippen LogP contribution in [0.3, 0.4) is 0 Å². The molecule has 0 bridgehead atoms. The first-order valence-electron chi connectivity index (χ1n) is 8.11. The van der Waals surface area contributed by atoms with E-state index < -0.39 is 0 Å². The van der Waals surface area contributed by atoms with Crippen molar-refractivity contribution >= 4 is 16.5 Å². The van der Waals surface area contributed by atoms with Gasteiger partial charge in [-0.15, -0.1) is 0 Å². The highest BCUT2D eigenvalue weighted by molar-refractivity contribution is 6.19. The SMILES string of the molecule is COc1ccc(/C(=N/O)c2cncc3cc(OC)c(OC)cc23)cc1OC. The molecule has 0 aliphatic heterocycles. The standard InChI is InChI=1S/C20H20N2O5/c1-24-16-6-5-12(7-17(16)25-2)20(22-23)15-11-21-10-13-8-18(26-3)19(27-4)9-14(13)15/h5-11,23H,1-4H3/b22-20-. The van der Waals surface area contributed by atoms with Crippen LogP contribution >= 0.6 is 0 Å². The summed E-state index contributed by atoms with van der Waals surface area (Å²) in [6.45, 7) is 0. The van der Waals surface area contributed by atoms with Gasteiger partial charge >= 0.3 is 0 Å². The van der Waals surface area contributed by atoms with Crippen LogP contribution in [0.15, 0.2) is 47.9 Å². The second kappa shape index (κ2) is 7.82. The quantitative estimate of drug-likeness (QED) is 0.407. The molecule has 0 atom stereocenters. The number of hydrogen-bond acceptors (Lipinski definition) is 7. The normalized spacial score (nSPS) is 11.3. The van der Waals surface area contributed by atoms with Crippen LogP contribution in [0.1, 0.15) is 11.1 Å². The number of benzene rings is 2. The van der Waals surface area contributed by atoms with Crippen molar-refractivity contribution in [1.82, 2.24) is 4.98 Å². The summed E-state index contributed by atoms with van der Waals surface area (Å²) in [7, 11) is 6.26. The number of aromatic nitrogens is 1. The van der Waals surface area contributed by atoms with E-state index in [-0.39, 0.29) is 0 Å². The number of methoxy groups -OCH3 is 4. The highest BCUT2D eigenvalue weighted by Crippen LogP contribution is 2.35. The minimum atomic E-state index is 0.348. The molecule has 2 aromatic carbocycles. The van der Waals surface area contributed by atoms with Gasteiger partial charge in [-0.3, -0.25) is 4.98 Å². The largest absolute Gasteiger partial charge is 0.493 e. The van der Waals surface area contributed by atoms with Crippen LogP contribution in [0.4, 0.5) is 0 Å². The lowest BCUT2D eigenvalue weighted by Gasteiger charge is -2.14. The van der Waals surface area contributed by atoms with Gasteiger partial charge in [-0.25, -0.2) is 0 Å². The van der Waals surface area contributed by atoms with Crippen molar-refractivity contribution in [2.45, 2.75) is 0 Å². The predicted molar refractivity (Wildman–Crippen MR) is 102 cm³/mol. The Hall–Kier alpha value is -3.48. The van der Waals surface area contributed by atoms with Crippen LogP contribution in [0, 0.1) is 0 Å². The summed E-state index contributed by atoms with van der Waals surface area (Å²) in [5.41, 5.74) is 1.64. The molecule has 3 aromatic rings. The third-order valence-electron chi connectivity index (χ3n) is 4.28. The zero-order chi connectivity index (χ0) is 19.4. The Kier molecular flexibility index (Phi) is 5.30. The summed E-state index contributed by atoms with van der Waals surface area (Å²) in [5, 5.41) is 14.9. The highest BCUT2D eigenvalue weighted by Gasteiger charge is 2.17. The second-order valence-electron chi connectivity index (χ2n) is 5.63. The molecule has 0 unspecified atom stereocenters. The van der Waals surface area contributed by atoms with Gasteiger partial charge in [0.25, 0.3) is 0 Å². The molecule has 27 heavy (non-hydrogen) atoms.